The minimum atomic E-state index is -0.277. The Balaban J connectivity index is 2.11. The molecule has 0 spiro atoms. The van der Waals surface area contributed by atoms with Crippen LogP contribution in [0.2, 0.25) is 0 Å². The van der Waals surface area contributed by atoms with Crippen LogP contribution in [0, 0.1) is 11.6 Å². The third-order valence-electron chi connectivity index (χ3n) is 3.36. The van der Waals surface area contributed by atoms with Gasteiger partial charge in [0.1, 0.15) is 11.6 Å². The molecule has 0 bridgehead atoms. The molecule has 3 aromatic rings. The number of fused-ring (bicyclic) bond motifs is 1. The highest BCUT2D eigenvalue weighted by Gasteiger charge is 2.19. The fourth-order valence-corrected chi connectivity index (χ4v) is 3.93. The summed E-state index contributed by atoms with van der Waals surface area (Å²) in [5, 5.41) is 3.97. The van der Waals surface area contributed by atoms with Crippen molar-refractivity contribution in [3.63, 3.8) is 0 Å². The van der Waals surface area contributed by atoms with Crippen LogP contribution < -0.4 is 5.32 Å². The van der Waals surface area contributed by atoms with Crippen LogP contribution in [0.25, 0.3) is 10.1 Å². The molecule has 0 radical (unpaired) electrons. The van der Waals surface area contributed by atoms with E-state index >= 15 is 0 Å². The van der Waals surface area contributed by atoms with Crippen LogP contribution >= 0.6 is 27.3 Å². The highest BCUT2D eigenvalue weighted by molar-refractivity contribution is 9.10. The SMILES string of the molecule is CNC(c1cc2cc(F)ccc2s1)c1cccc(Br)c1F. The summed E-state index contributed by atoms with van der Waals surface area (Å²) in [4.78, 5) is 0.954. The minimum Gasteiger partial charge on any atom is -0.309 e. The molecule has 0 aliphatic rings. The van der Waals surface area contributed by atoms with Crippen LogP contribution in [0.15, 0.2) is 46.9 Å². The molecule has 3 rings (SSSR count). The first-order valence-corrected chi connectivity index (χ1v) is 8.01. The average Bonchev–Trinajstić information content (AvgIpc) is 2.87. The molecule has 1 nitrogen and oxygen atoms in total. The average molecular weight is 368 g/mol. The summed E-state index contributed by atoms with van der Waals surface area (Å²) in [6.07, 6.45) is 0. The molecule has 1 heterocycles. The summed E-state index contributed by atoms with van der Waals surface area (Å²) >= 11 is 4.75. The maximum absolute atomic E-state index is 14.3. The van der Waals surface area contributed by atoms with E-state index < -0.39 is 0 Å². The van der Waals surface area contributed by atoms with Crippen molar-refractivity contribution >= 4 is 37.4 Å². The van der Waals surface area contributed by atoms with Gasteiger partial charge in [0.15, 0.2) is 0 Å². The topological polar surface area (TPSA) is 12.0 Å². The van der Waals surface area contributed by atoms with E-state index in [0.717, 1.165) is 15.0 Å². The summed E-state index contributed by atoms with van der Waals surface area (Å²) in [6, 6.07) is 11.6. The lowest BCUT2D eigenvalue weighted by atomic mass is 10.0. The molecule has 108 valence electrons. The number of hydrogen-bond donors (Lipinski definition) is 1. The van der Waals surface area contributed by atoms with E-state index in [1.165, 1.54) is 23.5 Å². The summed E-state index contributed by atoms with van der Waals surface area (Å²) in [5.41, 5.74) is 0.568. The standard InChI is InChI=1S/C16H12BrF2NS/c1-20-16(11-3-2-4-12(17)15(11)19)14-8-9-7-10(18)5-6-13(9)21-14/h2-8,16,20H,1H3. The molecular weight excluding hydrogens is 356 g/mol. The third kappa shape index (κ3) is 2.73. The lowest BCUT2D eigenvalue weighted by Gasteiger charge is -2.16. The summed E-state index contributed by atoms with van der Waals surface area (Å²) in [6.45, 7) is 0. The summed E-state index contributed by atoms with van der Waals surface area (Å²) in [7, 11) is 1.79. The molecule has 21 heavy (non-hydrogen) atoms. The van der Waals surface area contributed by atoms with Crippen molar-refractivity contribution in [3.05, 3.63) is 69.0 Å². The Hall–Kier alpha value is -1.30. The number of benzene rings is 2. The molecule has 0 aliphatic carbocycles. The Morgan fingerprint density at radius 3 is 2.71 bits per heavy atom. The number of thiophene rings is 1. The lowest BCUT2D eigenvalue weighted by Crippen LogP contribution is -2.17. The molecule has 1 unspecified atom stereocenters. The molecule has 1 atom stereocenters. The second kappa shape index (κ2) is 5.83. The van der Waals surface area contributed by atoms with Gasteiger partial charge >= 0.3 is 0 Å². The van der Waals surface area contributed by atoms with Crippen molar-refractivity contribution in [3.8, 4) is 0 Å². The Kier molecular flexibility index (Phi) is 4.06. The maximum Gasteiger partial charge on any atom is 0.142 e. The van der Waals surface area contributed by atoms with Crippen molar-refractivity contribution in [2.45, 2.75) is 6.04 Å². The molecule has 0 amide bonds. The molecule has 2 aromatic carbocycles. The van der Waals surface area contributed by atoms with Gasteiger partial charge in [-0.05, 0) is 58.7 Å². The second-order valence-corrected chi connectivity index (χ2v) is 6.67. The molecule has 0 saturated heterocycles. The van der Waals surface area contributed by atoms with E-state index in [-0.39, 0.29) is 17.7 Å². The fourth-order valence-electron chi connectivity index (χ4n) is 2.37. The van der Waals surface area contributed by atoms with Gasteiger partial charge in [-0.3, -0.25) is 0 Å². The van der Waals surface area contributed by atoms with E-state index in [1.807, 2.05) is 6.07 Å². The molecule has 5 heteroatoms. The van der Waals surface area contributed by atoms with Crippen molar-refractivity contribution in [1.29, 1.82) is 0 Å². The van der Waals surface area contributed by atoms with Crippen molar-refractivity contribution < 1.29 is 8.78 Å². The smallest absolute Gasteiger partial charge is 0.142 e. The van der Waals surface area contributed by atoms with E-state index in [1.54, 1.807) is 31.3 Å². The normalized spacial score (nSPS) is 12.8. The number of hydrogen-bond acceptors (Lipinski definition) is 2. The van der Waals surface area contributed by atoms with Gasteiger partial charge in [0.25, 0.3) is 0 Å². The van der Waals surface area contributed by atoms with Crippen LogP contribution in [0.1, 0.15) is 16.5 Å². The fraction of sp³-hybridized carbons (Fsp3) is 0.125. The van der Waals surface area contributed by atoms with Gasteiger partial charge in [0.2, 0.25) is 0 Å². The molecule has 0 fully saturated rings. The predicted molar refractivity (Wildman–Crippen MR) is 86.8 cm³/mol. The highest BCUT2D eigenvalue weighted by atomic mass is 79.9. The van der Waals surface area contributed by atoms with Gasteiger partial charge in [-0.1, -0.05) is 12.1 Å². The van der Waals surface area contributed by atoms with Crippen molar-refractivity contribution in [2.24, 2.45) is 0 Å². The zero-order valence-corrected chi connectivity index (χ0v) is 13.6. The van der Waals surface area contributed by atoms with Crippen molar-refractivity contribution in [2.75, 3.05) is 7.05 Å². The van der Waals surface area contributed by atoms with Crippen LogP contribution in [-0.4, -0.2) is 7.05 Å². The van der Waals surface area contributed by atoms with Crippen molar-refractivity contribution in [1.82, 2.24) is 5.32 Å². The lowest BCUT2D eigenvalue weighted by molar-refractivity contribution is 0.574. The summed E-state index contributed by atoms with van der Waals surface area (Å²) in [5.74, 6) is -0.540. The predicted octanol–water partition coefficient (Wildman–Crippen LogP) is 5.25. The number of rotatable bonds is 3. The van der Waals surface area contributed by atoms with Gasteiger partial charge in [-0.25, -0.2) is 8.78 Å². The second-order valence-electron chi connectivity index (χ2n) is 4.70. The van der Waals surface area contributed by atoms with E-state index in [9.17, 15) is 8.78 Å². The molecule has 1 aromatic heterocycles. The van der Waals surface area contributed by atoms with Gasteiger partial charge in [-0.15, -0.1) is 11.3 Å². The zero-order chi connectivity index (χ0) is 15.0. The first-order valence-electron chi connectivity index (χ1n) is 6.40. The van der Waals surface area contributed by atoms with Crippen LogP contribution in [0.5, 0.6) is 0 Å². The van der Waals surface area contributed by atoms with Gasteiger partial charge in [0.05, 0.1) is 10.5 Å². The first-order chi connectivity index (χ1) is 10.1. The minimum absolute atomic E-state index is 0.261. The quantitative estimate of drug-likeness (QED) is 0.666. The van der Waals surface area contributed by atoms with Gasteiger partial charge in [0, 0.05) is 15.1 Å². The maximum atomic E-state index is 14.3. The Morgan fingerprint density at radius 1 is 1.14 bits per heavy atom. The molecule has 0 aliphatic heterocycles. The number of nitrogens with one attached hydrogen (secondary N) is 1. The largest absolute Gasteiger partial charge is 0.309 e. The van der Waals surface area contributed by atoms with Crippen LogP contribution in [-0.2, 0) is 0 Å². The molecule has 1 N–H and O–H groups in total. The van der Waals surface area contributed by atoms with E-state index in [4.69, 9.17) is 0 Å². The zero-order valence-electron chi connectivity index (χ0n) is 11.2. The highest BCUT2D eigenvalue weighted by Crippen LogP contribution is 2.35. The Bertz CT molecular complexity index is 800. The number of halogens is 3. The van der Waals surface area contributed by atoms with Gasteiger partial charge in [-0.2, -0.15) is 0 Å². The Labute approximate surface area is 133 Å². The molecular formula is C16H12BrF2NS. The Morgan fingerprint density at radius 2 is 1.95 bits per heavy atom. The molecule has 0 saturated carbocycles. The summed E-state index contributed by atoms with van der Waals surface area (Å²) < 4.78 is 29.0. The van der Waals surface area contributed by atoms with E-state index in [2.05, 4.69) is 21.2 Å². The van der Waals surface area contributed by atoms with Gasteiger partial charge < -0.3 is 5.32 Å². The first kappa shape index (κ1) is 14.6. The van der Waals surface area contributed by atoms with Crippen LogP contribution in [0.4, 0.5) is 8.78 Å². The monoisotopic (exact) mass is 367 g/mol. The third-order valence-corrected chi connectivity index (χ3v) is 5.16. The van der Waals surface area contributed by atoms with Crippen LogP contribution in [0.3, 0.4) is 0 Å². The van der Waals surface area contributed by atoms with E-state index in [0.29, 0.717) is 10.0 Å².